The third kappa shape index (κ3) is 3.76. The Morgan fingerprint density at radius 3 is 2.60 bits per heavy atom. The standard InChI is InChI=1S/C14H19FN2O3/c1-4-6-10(5-2)16-14(18)12-8-11(17(19)20)7-9(3)13(12)15/h7-8,10H,4-6H2,1-3H3,(H,16,18). The lowest BCUT2D eigenvalue weighted by atomic mass is 10.1. The first kappa shape index (κ1) is 16.1. The van der Waals surface area contributed by atoms with Gasteiger partial charge >= 0.3 is 0 Å². The van der Waals surface area contributed by atoms with E-state index in [0.717, 1.165) is 31.4 Å². The number of hydrogen-bond donors (Lipinski definition) is 1. The van der Waals surface area contributed by atoms with Crippen molar-refractivity contribution in [3.05, 3.63) is 39.2 Å². The molecule has 0 saturated heterocycles. The van der Waals surface area contributed by atoms with Gasteiger partial charge in [0.25, 0.3) is 11.6 Å². The number of nitro groups is 1. The summed E-state index contributed by atoms with van der Waals surface area (Å²) < 4.78 is 14.0. The zero-order chi connectivity index (χ0) is 15.3. The molecule has 1 N–H and O–H groups in total. The number of halogens is 1. The van der Waals surface area contributed by atoms with Crippen LogP contribution in [0.4, 0.5) is 10.1 Å². The first-order valence-electron chi connectivity index (χ1n) is 6.66. The number of aryl methyl sites for hydroxylation is 1. The van der Waals surface area contributed by atoms with E-state index in [2.05, 4.69) is 5.32 Å². The van der Waals surface area contributed by atoms with Crippen LogP contribution < -0.4 is 5.32 Å². The zero-order valence-corrected chi connectivity index (χ0v) is 11.9. The van der Waals surface area contributed by atoms with E-state index in [9.17, 15) is 19.3 Å². The van der Waals surface area contributed by atoms with Crippen LogP contribution in [0.5, 0.6) is 0 Å². The maximum atomic E-state index is 14.0. The highest BCUT2D eigenvalue weighted by Crippen LogP contribution is 2.21. The Hall–Kier alpha value is -1.98. The molecule has 1 atom stereocenters. The molecule has 0 heterocycles. The molecule has 0 aliphatic carbocycles. The number of nitrogens with zero attached hydrogens (tertiary/aromatic N) is 1. The molecular formula is C14H19FN2O3. The van der Waals surface area contributed by atoms with Gasteiger partial charge in [-0.1, -0.05) is 20.3 Å². The highest BCUT2D eigenvalue weighted by Gasteiger charge is 2.21. The molecule has 0 fully saturated rings. The van der Waals surface area contributed by atoms with Crippen molar-refractivity contribution >= 4 is 11.6 Å². The summed E-state index contributed by atoms with van der Waals surface area (Å²) in [5.41, 5.74) is -0.461. The van der Waals surface area contributed by atoms with Crippen LogP contribution in [-0.2, 0) is 0 Å². The van der Waals surface area contributed by atoms with Gasteiger partial charge in [-0.05, 0) is 25.3 Å². The summed E-state index contributed by atoms with van der Waals surface area (Å²) in [6.07, 6.45) is 2.42. The third-order valence-corrected chi connectivity index (χ3v) is 3.16. The van der Waals surface area contributed by atoms with Gasteiger partial charge in [0.1, 0.15) is 5.82 Å². The van der Waals surface area contributed by atoms with Crippen LogP contribution in [0.1, 0.15) is 49.0 Å². The van der Waals surface area contributed by atoms with Crippen molar-refractivity contribution in [2.24, 2.45) is 0 Å². The van der Waals surface area contributed by atoms with Gasteiger partial charge in [0.2, 0.25) is 0 Å². The smallest absolute Gasteiger partial charge is 0.270 e. The quantitative estimate of drug-likeness (QED) is 0.642. The third-order valence-electron chi connectivity index (χ3n) is 3.16. The Labute approximate surface area is 117 Å². The van der Waals surface area contributed by atoms with Crippen molar-refractivity contribution in [2.75, 3.05) is 0 Å². The van der Waals surface area contributed by atoms with Gasteiger partial charge in [-0.25, -0.2) is 4.39 Å². The highest BCUT2D eigenvalue weighted by molar-refractivity contribution is 5.95. The molecule has 0 aromatic heterocycles. The number of non-ortho nitro benzene ring substituents is 1. The minimum atomic E-state index is -0.709. The van der Waals surface area contributed by atoms with Gasteiger partial charge in [0, 0.05) is 18.2 Å². The van der Waals surface area contributed by atoms with Gasteiger partial charge < -0.3 is 5.32 Å². The molecule has 110 valence electrons. The fraction of sp³-hybridized carbons (Fsp3) is 0.500. The van der Waals surface area contributed by atoms with Crippen molar-refractivity contribution < 1.29 is 14.1 Å². The number of rotatable bonds is 6. The molecule has 0 aliphatic rings. The number of nitro benzene ring substituents is 1. The zero-order valence-electron chi connectivity index (χ0n) is 11.9. The predicted octanol–water partition coefficient (Wildman–Crippen LogP) is 3.35. The minimum Gasteiger partial charge on any atom is -0.349 e. The normalized spacial score (nSPS) is 12.0. The minimum absolute atomic E-state index is 0.0496. The first-order valence-corrected chi connectivity index (χ1v) is 6.66. The molecule has 1 amide bonds. The van der Waals surface area contributed by atoms with Crippen LogP contribution in [-0.4, -0.2) is 16.9 Å². The fourth-order valence-electron chi connectivity index (χ4n) is 2.01. The largest absolute Gasteiger partial charge is 0.349 e. The lowest BCUT2D eigenvalue weighted by molar-refractivity contribution is -0.385. The van der Waals surface area contributed by atoms with E-state index in [1.165, 1.54) is 6.92 Å². The monoisotopic (exact) mass is 282 g/mol. The Bertz CT molecular complexity index is 517. The van der Waals surface area contributed by atoms with E-state index in [4.69, 9.17) is 0 Å². The van der Waals surface area contributed by atoms with Crippen LogP contribution >= 0.6 is 0 Å². The number of benzene rings is 1. The summed E-state index contributed by atoms with van der Waals surface area (Å²) in [4.78, 5) is 22.2. The molecule has 1 aromatic carbocycles. The Morgan fingerprint density at radius 1 is 1.45 bits per heavy atom. The first-order chi connectivity index (χ1) is 9.40. The second kappa shape index (κ2) is 6.98. The van der Waals surface area contributed by atoms with Crippen LogP contribution in [0.2, 0.25) is 0 Å². The maximum Gasteiger partial charge on any atom is 0.270 e. The Balaban J connectivity index is 3.05. The van der Waals surface area contributed by atoms with Crippen LogP contribution in [0.25, 0.3) is 0 Å². The summed E-state index contributed by atoms with van der Waals surface area (Å²) in [7, 11) is 0. The molecule has 20 heavy (non-hydrogen) atoms. The van der Waals surface area contributed by atoms with E-state index >= 15 is 0 Å². The van der Waals surface area contributed by atoms with Gasteiger partial charge in [-0.15, -0.1) is 0 Å². The summed E-state index contributed by atoms with van der Waals surface area (Å²) in [5.74, 6) is -1.31. The van der Waals surface area contributed by atoms with Crippen LogP contribution in [0.15, 0.2) is 12.1 Å². The number of hydrogen-bond acceptors (Lipinski definition) is 3. The average molecular weight is 282 g/mol. The summed E-state index contributed by atoms with van der Waals surface area (Å²) in [6, 6.07) is 2.05. The number of carbonyl (C=O) groups is 1. The van der Waals surface area contributed by atoms with E-state index in [1.54, 1.807) is 0 Å². The number of carbonyl (C=O) groups excluding carboxylic acids is 1. The Kier molecular flexibility index (Phi) is 5.61. The molecule has 0 bridgehead atoms. The van der Waals surface area contributed by atoms with Crippen LogP contribution in [0.3, 0.4) is 0 Å². The molecule has 0 saturated carbocycles. The Morgan fingerprint density at radius 2 is 2.10 bits per heavy atom. The molecule has 5 nitrogen and oxygen atoms in total. The lowest BCUT2D eigenvalue weighted by Crippen LogP contribution is -2.34. The van der Waals surface area contributed by atoms with E-state index < -0.39 is 16.6 Å². The second-order valence-corrected chi connectivity index (χ2v) is 4.75. The highest BCUT2D eigenvalue weighted by atomic mass is 19.1. The second-order valence-electron chi connectivity index (χ2n) is 4.75. The van der Waals surface area contributed by atoms with Gasteiger partial charge in [0.05, 0.1) is 10.5 Å². The molecule has 1 unspecified atom stereocenters. The van der Waals surface area contributed by atoms with Gasteiger partial charge in [-0.3, -0.25) is 14.9 Å². The molecular weight excluding hydrogens is 263 g/mol. The summed E-state index contributed by atoms with van der Waals surface area (Å²) >= 11 is 0. The molecule has 6 heteroatoms. The van der Waals surface area contributed by atoms with Crippen molar-refractivity contribution in [1.82, 2.24) is 5.32 Å². The van der Waals surface area contributed by atoms with Crippen LogP contribution in [0, 0.1) is 22.9 Å². The van der Waals surface area contributed by atoms with E-state index in [-0.39, 0.29) is 22.9 Å². The maximum absolute atomic E-state index is 14.0. The van der Waals surface area contributed by atoms with E-state index in [1.807, 2.05) is 13.8 Å². The van der Waals surface area contributed by atoms with Crippen molar-refractivity contribution in [1.29, 1.82) is 0 Å². The average Bonchev–Trinajstić information content (AvgIpc) is 2.40. The summed E-state index contributed by atoms with van der Waals surface area (Å²) in [5, 5.41) is 13.5. The molecule has 1 rings (SSSR count). The predicted molar refractivity (Wildman–Crippen MR) is 74.2 cm³/mol. The van der Waals surface area contributed by atoms with Gasteiger partial charge in [0.15, 0.2) is 0 Å². The van der Waals surface area contributed by atoms with Crippen molar-refractivity contribution in [2.45, 2.75) is 46.1 Å². The molecule has 1 aromatic rings. The number of nitrogens with one attached hydrogen (secondary N) is 1. The molecule has 0 aliphatic heterocycles. The molecule has 0 spiro atoms. The fourth-order valence-corrected chi connectivity index (χ4v) is 2.01. The van der Waals surface area contributed by atoms with Crippen molar-refractivity contribution in [3.63, 3.8) is 0 Å². The lowest BCUT2D eigenvalue weighted by Gasteiger charge is -2.16. The van der Waals surface area contributed by atoms with Crippen molar-refractivity contribution in [3.8, 4) is 0 Å². The van der Waals surface area contributed by atoms with Gasteiger partial charge in [-0.2, -0.15) is 0 Å². The topological polar surface area (TPSA) is 72.2 Å². The SMILES string of the molecule is CCCC(CC)NC(=O)c1cc([N+](=O)[O-])cc(C)c1F. The number of amides is 1. The van der Waals surface area contributed by atoms with E-state index in [0.29, 0.717) is 0 Å². The summed E-state index contributed by atoms with van der Waals surface area (Å²) in [6.45, 7) is 5.32. The molecule has 0 radical (unpaired) electrons.